The van der Waals surface area contributed by atoms with Crippen molar-refractivity contribution >= 4 is 65.6 Å². The molecule has 11 aromatic carbocycles. The van der Waals surface area contributed by atoms with Crippen molar-refractivity contribution in [2.75, 3.05) is 0 Å². The summed E-state index contributed by atoms with van der Waals surface area (Å²) in [6.07, 6.45) is 0. The van der Waals surface area contributed by atoms with Crippen molar-refractivity contribution in [3.05, 3.63) is 241 Å². The van der Waals surface area contributed by atoms with Gasteiger partial charge in [-0.05, 0) is 125 Å². The van der Waals surface area contributed by atoms with E-state index in [0.717, 1.165) is 55.6 Å². The van der Waals surface area contributed by atoms with E-state index in [1.807, 2.05) is 18.2 Å². The molecule has 4 nitrogen and oxygen atoms in total. The molecule has 0 saturated carbocycles. The maximum Gasteiger partial charge on any atom is 0.180 e. The molecule has 16 rings (SSSR count). The van der Waals surface area contributed by atoms with Gasteiger partial charge in [0.2, 0.25) is 0 Å². The first kappa shape index (κ1) is 37.0. The van der Waals surface area contributed by atoms with E-state index < -0.39 is 5.41 Å². The lowest BCUT2D eigenvalue weighted by atomic mass is 9.70. The van der Waals surface area contributed by atoms with Crippen LogP contribution in [0.15, 0.2) is 227 Å². The largest absolute Gasteiger partial charge is 0.456 e. The molecule has 0 radical (unpaired) electrons. The molecule has 0 aliphatic heterocycles. The van der Waals surface area contributed by atoms with Gasteiger partial charge >= 0.3 is 0 Å². The lowest BCUT2D eigenvalue weighted by Crippen LogP contribution is -2.25. The number of fused-ring (bicyclic) bond motifs is 16. The first-order valence-electron chi connectivity index (χ1n) is 23.6. The normalized spacial score (nSPS) is 13.3. The number of furan rings is 2. The Kier molecular flexibility index (Phi) is 7.24. The third kappa shape index (κ3) is 4.87. The Morgan fingerprint density at radius 1 is 0.319 bits per heavy atom. The van der Waals surface area contributed by atoms with Crippen LogP contribution in [0.5, 0.6) is 0 Å². The Labute approximate surface area is 395 Å². The second-order valence-electron chi connectivity index (χ2n) is 18.7. The number of hydrogen-bond donors (Lipinski definition) is 0. The van der Waals surface area contributed by atoms with Gasteiger partial charge in [0.15, 0.2) is 11.4 Å². The van der Waals surface area contributed by atoms with Crippen LogP contribution in [0.1, 0.15) is 22.3 Å². The highest BCUT2D eigenvalue weighted by Crippen LogP contribution is 2.64. The van der Waals surface area contributed by atoms with Crippen molar-refractivity contribution in [2.24, 2.45) is 0 Å². The van der Waals surface area contributed by atoms with E-state index >= 15 is 0 Å². The third-order valence-electron chi connectivity index (χ3n) is 15.3. The minimum Gasteiger partial charge on any atom is -0.456 e. The van der Waals surface area contributed by atoms with Crippen LogP contribution in [0.4, 0.5) is 0 Å². The summed E-state index contributed by atoms with van der Waals surface area (Å²) in [6, 6.07) is 79.1. The fourth-order valence-corrected chi connectivity index (χ4v) is 12.4. The molecule has 1 spiro atoms. The van der Waals surface area contributed by atoms with Crippen LogP contribution in [0.2, 0.25) is 0 Å². The maximum atomic E-state index is 6.88. The van der Waals surface area contributed by atoms with Gasteiger partial charge in [-0.25, -0.2) is 9.97 Å². The van der Waals surface area contributed by atoms with Gasteiger partial charge in [-0.15, -0.1) is 0 Å². The molecule has 0 atom stereocenters. The molecule has 69 heavy (non-hydrogen) atoms. The lowest BCUT2D eigenvalue weighted by molar-refractivity contribution is 0.667. The fraction of sp³-hybridized carbons (Fsp3) is 0.0154. The average Bonchev–Trinajstić information content (AvgIpc) is 4.16. The Bertz CT molecular complexity index is 4440. The zero-order valence-corrected chi connectivity index (χ0v) is 37.0. The van der Waals surface area contributed by atoms with Crippen molar-refractivity contribution in [3.63, 3.8) is 0 Å². The van der Waals surface area contributed by atoms with Gasteiger partial charge in [0.1, 0.15) is 28.0 Å². The molecule has 2 aliphatic rings. The summed E-state index contributed by atoms with van der Waals surface area (Å²) < 4.78 is 13.3. The van der Waals surface area contributed by atoms with Crippen LogP contribution in [0, 0.1) is 0 Å². The predicted octanol–water partition coefficient (Wildman–Crippen LogP) is 17.0. The lowest BCUT2D eigenvalue weighted by Gasteiger charge is -2.30. The second kappa shape index (κ2) is 13.5. The van der Waals surface area contributed by atoms with Gasteiger partial charge in [-0.1, -0.05) is 182 Å². The highest BCUT2D eigenvalue weighted by Gasteiger charge is 2.52. The number of hydrogen-bond acceptors (Lipinski definition) is 4. The smallest absolute Gasteiger partial charge is 0.180 e. The number of benzene rings is 11. The van der Waals surface area contributed by atoms with Gasteiger partial charge in [-0.3, -0.25) is 0 Å². The molecule has 0 fully saturated rings. The van der Waals surface area contributed by atoms with Crippen LogP contribution in [-0.4, -0.2) is 9.97 Å². The minimum absolute atomic E-state index is 0.599. The quantitative estimate of drug-likeness (QED) is 0.165. The van der Waals surface area contributed by atoms with E-state index in [0.29, 0.717) is 11.4 Å². The average molecular weight is 877 g/mol. The Morgan fingerprint density at radius 3 is 1.68 bits per heavy atom. The topological polar surface area (TPSA) is 52.1 Å². The standard InChI is InChI=1S/C65H36N2O2/c1-3-14-37(15-4-1)39-30-33-55-50(34-39)62-63(69-55)61(66-64(67-62)38-16-5-2-6-17-38)41-29-32-48-54(36-41)65(51-23-9-7-18-44(51)45-19-8-10-24-52(45)65)53-25-11-20-42(58(48)53)40-28-31-43-46-21-12-26-56-59(46)60-47(49(43)35-40)22-13-27-57(60)68-56/h1-36H. The summed E-state index contributed by atoms with van der Waals surface area (Å²) in [7, 11) is 0. The molecule has 0 unspecified atom stereocenters. The molecule has 2 aliphatic carbocycles. The summed E-state index contributed by atoms with van der Waals surface area (Å²) >= 11 is 0. The molecule has 0 amide bonds. The van der Waals surface area contributed by atoms with E-state index in [1.165, 1.54) is 88.0 Å². The zero-order valence-electron chi connectivity index (χ0n) is 37.0. The van der Waals surface area contributed by atoms with Gasteiger partial charge in [0.05, 0.1) is 5.41 Å². The van der Waals surface area contributed by atoms with Gasteiger partial charge in [-0.2, -0.15) is 0 Å². The van der Waals surface area contributed by atoms with E-state index in [1.54, 1.807) is 0 Å². The SMILES string of the molecule is c1ccc(-c2ccc3oc4c(-c5ccc6c(c5)C5(c7ccccc7-c7ccccc75)c5cccc(-c7ccc8c(c7)c7cccc9oc%10cccc8c%10c97)c5-6)nc(-c5ccccc5)nc4c3c2)cc1. The summed E-state index contributed by atoms with van der Waals surface area (Å²) in [4.78, 5) is 10.7. The molecule has 0 N–H and O–H groups in total. The molecule has 4 heteroatoms. The summed E-state index contributed by atoms with van der Waals surface area (Å²) in [6.45, 7) is 0. The monoisotopic (exact) mass is 876 g/mol. The van der Waals surface area contributed by atoms with Gasteiger partial charge in [0.25, 0.3) is 0 Å². The van der Waals surface area contributed by atoms with Crippen LogP contribution >= 0.6 is 0 Å². The van der Waals surface area contributed by atoms with Gasteiger partial charge < -0.3 is 8.83 Å². The van der Waals surface area contributed by atoms with E-state index in [2.05, 4.69) is 200 Å². The van der Waals surface area contributed by atoms with Crippen molar-refractivity contribution < 1.29 is 8.83 Å². The number of rotatable bonds is 4. The molecular weight excluding hydrogens is 841 g/mol. The van der Waals surface area contributed by atoms with E-state index in [4.69, 9.17) is 18.8 Å². The molecule has 3 heterocycles. The highest BCUT2D eigenvalue weighted by molar-refractivity contribution is 6.33. The third-order valence-corrected chi connectivity index (χ3v) is 15.3. The van der Waals surface area contributed by atoms with Crippen LogP contribution < -0.4 is 0 Å². The summed E-state index contributed by atoms with van der Waals surface area (Å²) in [5.74, 6) is 0.658. The van der Waals surface area contributed by atoms with E-state index in [9.17, 15) is 0 Å². The van der Waals surface area contributed by atoms with Crippen molar-refractivity contribution in [1.29, 1.82) is 0 Å². The van der Waals surface area contributed by atoms with E-state index in [-0.39, 0.29) is 0 Å². The first-order chi connectivity index (χ1) is 34.2. The number of nitrogens with zero attached hydrogens (tertiary/aromatic N) is 2. The van der Waals surface area contributed by atoms with Crippen molar-refractivity contribution in [3.8, 4) is 67.2 Å². The second-order valence-corrected chi connectivity index (χ2v) is 18.7. The molecule has 14 aromatic rings. The Morgan fingerprint density at radius 2 is 0.928 bits per heavy atom. The molecular formula is C65H36N2O2. The van der Waals surface area contributed by atoms with Crippen molar-refractivity contribution in [1.82, 2.24) is 9.97 Å². The summed E-state index contributed by atoms with van der Waals surface area (Å²) in [5, 5.41) is 8.23. The van der Waals surface area contributed by atoms with Crippen molar-refractivity contribution in [2.45, 2.75) is 5.41 Å². The Hall–Kier alpha value is -9.12. The molecule has 0 bridgehead atoms. The summed E-state index contributed by atoms with van der Waals surface area (Å²) in [5.41, 5.74) is 20.9. The minimum atomic E-state index is -0.599. The molecule has 3 aromatic heterocycles. The van der Waals surface area contributed by atoms with Crippen LogP contribution in [0.25, 0.3) is 133 Å². The van der Waals surface area contributed by atoms with Gasteiger partial charge in [0, 0.05) is 27.3 Å². The predicted molar refractivity (Wildman–Crippen MR) is 281 cm³/mol. The fourth-order valence-electron chi connectivity index (χ4n) is 12.4. The maximum absolute atomic E-state index is 6.88. The first-order valence-corrected chi connectivity index (χ1v) is 23.6. The highest BCUT2D eigenvalue weighted by atomic mass is 16.3. The zero-order chi connectivity index (χ0) is 45.0. The number of aromatic nitrogens is 2. The van der Waals surface area contributed by atoms with Crippen LogP contribution in [-0.2, 0) is 5.41 Å². The molecule has 0 saturated heterocycles. The Balaban J connectivity index is 0.976. The van der Waals surface area contributed by atoms with Crippen LogP contribution in [0.3, 0.4) is 0 Å². The molecule has 318 valence electrons.